The van der Waals surface area contributed by atoms with Gasteiger partial charge in [0.05, 0.1) is 0 Å². The van der Waals surface area contributed by atoms with Crippen LogP contribution in [0, 0.1) is 0 Å². The van der Waals surface area contributed by atoms with Gasteiger partial charge in [-0.3, -0.25) is 0 Å². The van der Waals surface area contributed by atoms with E-state index in [-0.39, 0.29) is 11.5 Å². The first-order chi connectivity index (χ1) is 7.11. The first-order valence-electron chi connectivity index (χ1n) is 5.23. The van der Waals surface area contributed by atoms with Gasteiger partial charge in [-0.2, -0.15) is 0 Å². The highest BCUT2D eigenvalue weighted by atomic mass is 15.2. The fourth-order valence-corrected chi connectivity index (χ4v) is 2.01. The lowest BCUT2D eigenvalue weighted by Gasteiger charge is -2.29. The van der Waals surface area contributed by atoms with Crippen molar-refractivity contribution >= 4 is 0 Å². The van der Waals surface area contributed by atoms with Crippen LogP contribution in [0.5, 0.6) is 0 Å². The number of benzene rings is 1. The van der Waals surface area contributed by atoms with Crippen LogP contribution in [-0.4, -0.2) is 5.54 Å². The van der Waals surface area contributed by atoms with E-state index in [2.05, 4.69) is 29.1 Å². The predicted molar refractivity (Wildman–Crippen MR) is 62.7 cm³/mol. The zero-order valence-electron chi connectivity index (χ0n) is 9.51. The molecule has 3 heteroatoms. The van der Waals surface area contributed by atoms with Crippen LogP contribution in [0.4, 0.5) is 0 Å². The Bertz CT molecular complexity index is 350. The molecule has 3 nitrogen and oxygen atoms in total. The van der Waals surface area contributed by atoms with Crippen molar-refractivity contribution in [3.8, 4) is 0 Å². The largest absolute Gasteiger partial charge is 0.0872 e. The molecule has 0 aliphatic rings. The number of rotatable bonds is 4. The summed E-state index contributed by atoms with van der Waals surface area (Å²) in [6.07, 6.45) is 0.968. The Morgan fingerprint density at radius 3 is 2.40 bits per heavy atom. The Balaban J connectivity index is 3.04. The summed E-state index contributed by atoms with van der Waals surface area (Å²) >= 11 is 0. The minimum absolute atomic E-state index is 0.273. The van der Waals surface area contributed by atoms with Crippen LogP contribution in [-0.2, 0) is 0 Å². The summed E-state index contributed by atoms with van der Waals surface area (Å²) in [6, 6.07) is 10.2. The van der Waals surface area contributed by atoms with Gasteiger partial charge in [0.15, 0.2) is 0 Å². The lowest BCUT2D eigenvalue weighted by Crippen LogP contribution is -2.26. The third-order valence-corrected chi connectivity index (χ3v) is 2.77. The van der Waals surface area contributed by atoms with Gasteiger partial charge in [-0.25, -0.2) is 0 Å². The highest BCUT2D eigenvalue weighted by Crippen LogP contribution is 2.33. The third kappa shape index (κ3) is 2.74. The molecular weight excluding hydrogens is 186 g/mol. The zero-order chi connectivity index (χ0) is 11.3. The van der Waals surface area contributed by atoms with Crippen LogP contribution >= 0.6 is 0 Å². The van der Waals surface area contributed by atoms with E-state index < -0.39 is 0 Å². The van der Waals surface area contributed by atoms with Crippen LogP contribution in [0.25, 0.3) is 10.4 Å². The normalized spacial score (nSPS) is 13.0. The number of hydrogen-bond acceptors (Lipinski definition) is 1. The van der Waals surface area contributed by atoms with Crippen molar-refractivity contribution in [2.75, 3.05) is 0 Å². The molecule has 0 spiro atoms. The Morgan fingerprint density at radius 2 is 1.93 bits per heavy atom. The second kappa shape index (κ2) is 4.85. The average molecular weight is 203 g/mol. The predicted octanol–water partition coefficient (Wildman–Crippen LogP) is 4.27. The second-order valence-electron chi connectivity index (χ2n) is 4.21. The lowest BCUT2D eigenvalue weighted by molar-refractivity contribution is 0.400. The van der Waals surface area contributed by atoms with E-state index in [1.54, 1.807) is 0 Å². The molecule has 1 atom stereocenters. The summed E-state index contributed by atoms with van der Waals surface area (Å²) in [6.45, 7) is 6.08. The molecule has 0 fully saturated rings. The van der Waals surface area contributed by atoms with Gasteiger partial charge in [0.1, 0.15) is 0 Å². The van der Waals surface area contributed by atoms with Crippen molar-refractivity contribution in [2.45, 2.75) is 38.6 Å². The Labute approximate surface area is 90.8 Å². The summed E-state index contributed by atoms with van der Waals surface area (Å²) in [5, 5.41) is 3.88. The molecule has 0 aliphatic carbocycles. The smallest absolute Gasteiger partial charge is 0.0500 e. The van der Waals surface area contributed by atoms with Gasteiger partial charge in [0.25, 0.3) is 0 Å². The van der Waals surface area contributed by atoms with E-state index in [1.165, 1.54) is 5.56 Å². The highest BCUT2D eigenvalue weighted by molar-refractivity contribution is 5.23. The average Bonchev–Trinajstić information content (AvgIpc) is 2.19. The number of nitrogens with zero attached hydrogens (tertiary/aromatic N) is 3. The van der Waals surface area contributed by atoms with Gasteiger partial charge < -0.3 is 0 Å². The molecule has 1 rings (SSSR count). The van der Waals surface area contributed by atoms with Crippen LogP contribution in [0.1, 0.15) is 38.7 Å². The van der Waals surface area contributed by atoms with E-state index in [1.807, 2.05) is 32.0 Å². The van der Waals surface area contributed by atoms with E-state index in [0.29, 0.717) is 0 Å². The van der Waals surface area contributed by atoms with E-state index in [0.717, 1.165) is 6.42 Å². The van der Waals surface area contributed by atoms with Gasteiger partial charge in [-0.15, -0.1) is 0 Å². The monoisotopic (exact) mass is 203 g/mol. The lowest BCUT2D eigenvalue weighted by atomic mass is 9.81. The molecule has 0 saturated carbocycles. The summed E-state index contributed by atoms with van der Waals surface area (Å²) in [4.78, 5) is 2.93. The molecule has 0 aliphatic heterocycles. The zero-order valence-corrected chi connectivity index (χ0v) is 9.51. The Kier molecular flexibility index (Phi) is 3.75. The second-order valence-corrected chi connectivity index (χ2v) is 4.21. The van der Waals surface area contributed by atoms with Crippen LogP contribution in [0.3, 0.4) is 0 Å². The van der Waals surface area contributed by atoms with Gasteiger partial charge in [0, 0.05) is 10.5 Å². The Hall–Kier alpha value is -1.47. The SMILES string of the molecule is CCC(c1ccccc1)C(C)(C)N=[N+]=[N-]. The van der Waals surface area contributed by atoms with Gasteiger partial charge >= 0.3 is 0 Å². The van der Waals surface area contributed by atoms with Crippen LogP contribution in [0.2, 0.25) is 0 Å². The van der Waals surface area contributed by atoms with E-state index >= 15 is 0 Å². The molecule has 15 heavy (non-hydrogen) atoms. The molecule has 1 aromatic rings. The van der Waals surface area contributed by atoms with E-state index in [4.69, 9.17) is 5.53 Å². The summed E-state index contributed by atoms with van der Waals surface area (Å²) in [5.74, 6) is 0.273. The molecular formula is C12H17N3. The molecule has 0 aromatic heterocycles. The maximum absolute atomic E-state index is 8.55. The van der Waals surface area contributed by atoms with Crippen molar-refractivity contribution in [1.29, 1.82) is 0 Å². The van der Waals surface area contributed by atoms with Crippen molar-refractivity contribution < 1.29 is 0 Å². The molecule has 0 radical (unpaired) electrons. The van der Waals surface area contributed by atoms with Gasteiger partial charge in [-0.05, 0) is 23.4 Å². The van der Waals surface area contributed by atoms with Crippen LogP contribution in [0.15, 0.2) is 35.4 Å². The highest BCUT2D eigenvalue weighted by Gasteiger charge is 2.27. The number of hydrogen-bond donors (Lipinski definition) is 0. The third-order valence-electron chi connectivity index (χ3n) is 2.77. The van der Waals surface area contributed by atoms with Crippen molar-refractivity contribution in [3.63, 3.8) is 0 Å². The van der Waals surface area contributed by atoms with Crippen molar-refractivity contribution in [3.05, 3.63) is 46.3 Å². The first-order valence-corrected chi connectivity index (χ1v) is 5.23. The Morgan fingerprint density at radius 1 is 1.33 bits per heavy atom. The maximum Gasteiger partial charge on any atom is 0.0500 e. The van der Waals surface area contributed by atoms with Gasteiger partial charge in [0.2, 0.25) is 0 Å². The van der Waals surface area contributed by atoms with Gasteiger partial charge in [-0.1, -0.05) is 56.2 Å². The number of azide groups is 1. The quantitative estimate of drug-likeness (QED) is 0.398. The van der Waals surface area contributed by atoms with Crippen molar-refractivity contribution in [1.82, 2.24) is 0 Å². The minimum Gasteiger partial charge on any atom is -0.0872 e. The van der Waals surface area contributed by atoms with Crippen molar-refractivity contribution in [2.24, 2.45) is 5.11 Å². The summed E-state index contributed by atoms with van der Waals surface area (Å²) in [7, 11) is 0. The molecule has 80 valence electrons. The molecule has 1 unspecified atom stereocenters. The molecule has 0 bridgehead atoms. The standard InChI is InChI=1S/C12H17N3/c1-4-11(12(2,3)14-15-13)10-8-6-5-7-9-10/h5-9,11H,4H2,1-3H3. The molecule has 0 saturated heterocycles. The summed E-state index contributed by atoms with van der Waals surface area (Å²) in [5.41, 5.74) is 9.42. The van der Waals surface area contributed by atoms with E-state index in [9.17, 15) is 0 Å². The minimum atomic E-state index is -0.370. The topological polar surface area (TPSA) is 48.8 Å². The first kappa shape index (κ1) is 11.6. The molecule has 0 amide bonds. The summed E-state index contributed by atoms with van der Waals surface area (Å²) < 4.78 is 0. The fraction of sp³-hybridized carbons (Fsp3) is 0.500. The molecule has 0 heterocycles. The molecule has 0 N–H and O–H groups in total. The maximum atomic E-state index is 8.55. The molecule has 1 aromatic carbocycles. The fourth-order valence-electron chi connectivity index (χ4n) is 2.01. The van der Waals surface area contributed by atoms with Crippen LogP contribution < -0.4 is 0 Å².